The molecule has 0 radical (unpaired) electrons. The Morgan fingerprint density at radius 3 is 2.68 bits per heavy atom. The van der Waals surface area contributed by atoms with E-state index in [9.17, 15) is 4.79 Å². The van der Waals surface area contributed by atoms with Crippen LogP contribution in [0.15, 0.2) is 24.3 Å². The largest absolute Gasteiger partial charge is 0.318 e. The SMILES string of the molecule is Cc1sc(N(CC2CC3CCC2C3)c2ccc(C#N)cc2)nc1C=O. The van der Waals surface area contributed by atoms with Crippen molar-refractivity contribution in [3.63, 3.8) is 0 Å². The molecule has 5 heteroatoms. The summed E-state index contributed by atoms with van der Waals surface area (Å²) < 4.78 is 0. The Labute approximate surface area is 152 Å². The van der Waals surface area contributed by atoms with E-state index in [1.165, 1.54) is 25.7 Å². The lowest BCUT2D eigenvalue weighted by atomic mass is 9.88. The molecule has 25 heavy (non-hydrogen) atoms. The minimum Gasteiger partial charge on any atom is -0.318 e. The van der Waals surface area contributed by atoms with Crippen molar-refractivity contribution in [3.05, 3.63) is 40.4 Å². The predicted octanol–water partition coefficient (Wildman–Crippen LogP) is 4.71. The van der Waals surface area contributed by atoms with Crippen LogP contribution in [0, 0.1) is 36.0 Å². The van der Waals surface area contributed by atoms with Gasteiger partial charge in [-0.1, -0.05) is 6.42 Å². The molecule has 2 aliphatic rings. The van der Waals surface area contributed by atoms with Crippen LogP contribution < -0.4 is 4.90 Å². The van der Waals surface area contributed by atoms with Gasteiger partial charge in [0.2, 0.25) is 0 Å². The average molecular weight is 351 g/mol. The van der Waals surface area contributed by atoms with Gasteiger partial charge in [0.05, 0.1) is 11.6 Å². The summed E-state index contributed by atoms with van der Waals surface area (Å²) in [6.07, 6.45) is 6.27. The number of aromatic nitrogens is 1. The molecule has 0 amide bonds. The Kier molecular flexibility index (Phi) is 4.30. The average Bonchev–Trinajstić information content (AvgIpc) is 3.35. The van der Waals surface area contributed by atoms with Crippen LogP contribution in [0.5, 0.6) is 0 Å². The van der Waals surface area contributed by atoms with Crippen LogP contribution in [0.1, 0.15) is 46.6 Å². The number of thiazole rings is 1. The van der Waals surface area contributed by atoms with Gasteiger partial charge in [-0.05, 0) is 68.2 Å². The molecular formula is C20H21N3OS. The summed E-state index contributed by atoms with van der Waals surface area (Å²) in [7, 11) is 0. The smallest absolute Gasteiger partial charge is 0.190 e. The monoisotopic (exact) mass is 351 g/mol. The first-order valence-corrected chi connectivity index (χ1v) is 9.70. The van der Waals surface area contributed by atoms with Crippen molar-refractivity contribution in [2.45, 2.75) is 32.6 Å². The molecule has 2 aliphatic carbocycles. The Morgan fingerprint density at radius 1 is 1.32 bits per heavy atom. The zero-order valence-corrected chi connectivity index (χ0v) is 15.1. The number of carbonyl (C=O) groups is 1. The summed E-state index contributed by atoms with van der Waals surface area (Å²) >= 11 is 1.57. The van der Waals surface area contributed by atoms with Crippen molar-refractivity contribution in [1.82, 2.24) is 4.98 Å². The van der Waals surface area contributed by atoms with Crippen LogP contribution in [0.3, 0.4) is 0 Å². The standard InChI is InChI=1S/C20H21N3OS/c1-13-19(12-24)22-20(25-13)23(18-6-3-14(10-21)4-7-18)11-17-9-15-2-5-16(17)8-15/h3-4,6-7,12,15-17H,2,5,8-9,11H2,1H3. The molecule has 4 nitrogen and oxygen atoms in total. The minimum absolute atomic E-state index is 0.534. The van der Waals surface area contributed by atoms with Crippen molar-refractivity contribution in [2.75, 3.05) is 11.4 Å². The number of rotatable bonds is 5. The Hall–Kier alpha value is -2.19. The van der Waals surface area contributed by atoms with Crippen LogP contribution in [-0.4, -0.2) is 17.8 Å². The summed E-state index contributed by atoms with van der Waals surface area (Å²) in [6.45, 7) is 2.89. The second-order valence-electron chi connectivity index (χ2n) is 7.26. The van der Waals surface area contributed by atoms with Gasteiger partial charge in [0.1, 0.15) is 5.69 Å². The van der Waals surface area contributed by atoms with Gasteiger partial charge >= 0.3 is 0 Å². The van der Waals surface area contributed by atoms with Gasteiger partial charge in [-0.3, -0.25) is 4.79 Å². The van der Waals surface area contributed by atoms with E-state index in [1.54, 1.807) is 11.3 Å². The van der Waals surface area contributed by atoms with Crippen LogP contribution in [0.4, 0.5) is 10.8 Å². The third-order valence-electron chi connectivity index (χ3n) is 5.77. The molecule has 0 spiro atoms. The van der Waals surface area contributed by atoms with E-state index in [-0.39, 0.29) is 0 Å². The van der Waals surface area contributed by atoms with Crippen molar-refractivity contribution < 1.29 is 4.79 Å². The van der Waals surface area contributed by atoms with Crippen molar-refractivity contribution in [2.24, 2.45) is 17.8 Å². The summed E-state index contributed by atoms with van der Waals surface area (Å²) in [5.41, 5.74) is 2.24. The molecule has 1 heterocycles. The lowest BCUT2D eigenvalue weighted by Crippen LogP contribution is -2.28. The highest BCUT2D eigenvalue weighted by molar-refractivity contribution is 7.15. The van der Waals surface area contributed by atoms with E-state index in [4.69, 9.17) is 5.26 Å². The highest BCUT2D eigenvalue weighted by atomic mass is 32.1. The number of nitrogens with zero attached hydrogens (tertiary/aromatic N) is 3. The molecule has 3 unspecified atom stereocenters. The van der Waals surface area contributed by atoms with E-state index < -0.39 is 0 Å². The van der Waals surface area contributed by atoms with E-state index in [1.807, 2.05) is 31.2 Å². The van der Waals surface area contributed by atoms with Crippen LogP contribution in [-0.2, 0) is 0 Å². The van der Waals surface area contributed by atoms with Gasteiger partial charge in [0.15, 0.2) is 11.4 Å². The first-order chi connectivity index (χ1) is 12.2. The fourth-order valence-corrected chi connectivity index (χ4v) is 5.37. The first-order valence-electron chi connectivity index (χ1n) is 8.88. The lowest BCUT2D eigenvalue weighted by Gasteiger charge is -2.30. The zero-order chi connectivity index (χ0) is 17.4. The summed E-state index contributed by atoms with van der Waals surface area (Å²) in [4.78, 5) is 19.0. The van der Waals surface area contributed by atoms with Crippen molar-refractivity contribution in [3.8, 4) is 6.07 Å². The number of aldehydes is 1. The lowest BCUT2D eigenvalue weighted by molar-refractivity contribution is 0.111. The second-order valence-corrected chi connectivity index (χ2v) is 8.44. The molecule has 2 aromatic rings. The summed E-state index contributed by atoms with van der Waals surface area (Å²) in [5, 5.41) is 9.93. The fourth-order valence-electron chi connectivity index (χ4n) is 4.46. The molecule has 2 fully saturated rings. The van der Waals surface area contributed by atoms with Crippen molar-refractivity contribution >= 4 is 28.4 Å². The van der Waals surface area contributed by atoms with Gasteiger partial charge in [0.25, 0.3) is 0 Å². The fraction of sp³-hybridized carbons (Fsp3) is 0.450. The Balaban J connectivity index is 1.66. The van der Waals surface area contributed by atoms with E-state index >= 15 is 0 Å². The molecule has 2 bridgehead atoms. The van der Waals surface area contributed by atoms with Crippen molar-refractivity contribution in [1.29, 1.82) is 5.26 Å². The van der Waals surface area contributed by atoms with Gasteiger partial charge in [-0.2, -0.15) is 5.26 Å². The topological polar surface area (TPSA) is 57.0 Å². The van der Waals surface area contributed by atoms with E-state index in [2.05, 4.69) is 16.0 Å². The van der Waals surface area contributed by atoms with E-state index in [0.29, 0.717) is 17.2 Å². The maximum atomic E-state index is 11.2. The minimum atomic E-state index is 0.534. The highest BCUT2D eigenvalue weighted by Crippen LogP contribution is 2.49. The Morgan fingerprint density at radius 2 is 2.12 bits per heavy atom. The third-order valence-corrected chi connectivity index (χ3v) is 6.78. The molecular weight excluding hydrogens is 330 g/mol. The molecule has 1 aromatic heterocycles. The van der Waals surface area contributed by atoms with E-state index in [0.717, 1.165) is 40.4 Å². The number of nitriles is 1. The maximum Gasteiger partial charge on any atom is 0.190 e. The number of fused-ring (bicyclic) bond motifs is 2. The number of hydrogen-bond acceptors (Lipinski definition) is 5. The molecule has 0 N–H and O–H groups in total. The predicted molar refractivity (Wildman–Crippen MR) is 99.3 cm³/mol. The van der Waals surface area contributed by atoms with Gasteiger partial charge < -0.3 is 4.90 Å². The molecule has 0 saturated heterocycles. The molecule has 0 aliphatic heterocycles. The quantitative estimate of drug-likeness (QED) is 0.732. The van der Waals surface area contributed by atoms with Gasteiger partial charge in [-0.25, -0.2) is 4.98 Å². The molecule has 3 atom stereocenters. The number of carbonyl (C=O) groups excluding carboxylic acids is 1. The number of aryl methyl sites for hydroxylation is 1. The second kappa shape index (κ2) is 6.61. The number of hydrogen-bond donors (Lipinski definition) is 0. The van der Waals surface area contributed by atoms with Crippen LogP contribution in [0.2, 0.25) is 0 Å². The normalized spacial score (nSPS) is 24.2. The van der Waals surface area contributed by atoms with Gasteiger partial charge in [0, 0.05) is 17.1 Å². The summed E-state index contributed by atoms with van der Waals surface area (Å²) in [5.74, 6) is 2.43. The molecule has 128 valence electrons. The Bertz CT molecular complexity index is 820. The zero-order valence-electron chi connectivity index (χ0n) is 14.3. The van der Waals surface area contributed by atoms with Crippen LogP contribution in [0.25, 0.3) is 0 Å². The summed E-state index contributed by atoms with van der Waals surface area (Å²) in [6, 6.07) is 9.85. The molecule has 1 aromatic carbocycles. The maximum absolute atomic E-state index is 11.2. The molecule has 2 saturated carbocycles. The highest BCUT2D eigenvalue weighted by Gasteiger charge is 2.40. The van der Waals surface area contributed by atoms with Crippen LogP contribution >= 0.6 is 11.3 Å². The number of anilines is 2. The van der Waals surface area contributed by atoms with Gasteiger partial charge in [-0.15, -0.1) is 11.3 Å². The third kappa shape index (κ3) is 3.07. The number of benzene rings is 1. The molecule has 4 rings (SSSR count). The first kappa shape index (κ1) is 16.3.